The third-order valence-electron chi connectivity index (χ3n) is 4.27. The zero-order chi connectivity index (χ0) is 20.8. The zero-order valence-electron chi connectivity index (χ0n) is 15.4. The lowest BCUT2D eigenvalue weighted by molar-refractivity contribution is -0.140. The molecule has 0 aromatic heterocycles. The van der Waals surface area contributed by atoms with Gasteiger partial charge < -0.3 is 10.2 Å². The van der Waals surface area contributed by atoms with Gasteiger partial charge in [-0.05, 0) is 43.7 Å². The molecular formula is C20H20Cl4N2O2. The van der Waals surface area contributed by atoms with Gasteiger partial charge in [-0.3, -0.25) is 9.59 Å². The summed E-state index contributed by atoms with van der Waals surface area (Å²) in [5.74, 6) is -0.541. The summed E-state index contributed by atoms with van der Waals surface area (Å²) in [6, 6.07) is 9.33. The standard InChI is InChI=1S/C20H20Cl4N2O2/c1-3-25-20(28)12(2)26(11-15-16(22)5-4-6-17(15)23)19(27)9-13-7-8-14(21)10-18(13)24/h4-8,10,12H,3,9,11H2,1-2H3,(H,25,28)/t12-/m0/s1. The van der Waals surface area contributed by atoms with Crippen molar-refractivity contribution in [3.05, 3.63) is 67.6 Å². The van der Waals surface area contributed by atoms with E-state index in [1.807, 2.05) is 6.92 Å². The average Bonchev–Trinajstić information content (AvgIpc) is 2.63. The van der Waals surface area contributed by atoms with E-state index in [1.165, 1.54) is 4.90 Å². The van der Waals surface area contributed by atoms with E-state index in [0.717, 1.165) is 0 Å². The Morgan fingerprint density at radius 1 is 1.04 bits per heavy atom. The van der Waals surface area contributed by atoms with Crippen LogP contribution in [0, 0.1) is 0 Å². The third kappa shape index (κ3) is 5.77. The number of likely N-dealkylation sites (N-methyl/N-ethyl adjacent to an activating group) is 1. The SMILES string of the molecule is CCNC(=O)[C@H](C)N(Cc1c(Cl)cccc1Cl)C(=O)Cc1ccc(Cl)cc1Cl. The first kappa shape index (κ1) is 22.8. The van der Waals surface area contributed by atoms with Gasteiger partial charge in [0.05, 0.1) is 6.42 Å². The van der Waals surface area contributed by atoms with E-state index in [1.54, 1.807) is 43.3 Å². The first-order valence-corrected chi connectivity index (χ1v) is 10.2. The van der Waals surface area contributed by atoms with Gasteiger partial charge in [0.15, 0.2) is 0 Å². The zero-order valence-corrected chi connectivity index (χ0v) is 18.5. The van der Waals surface area contributed by atoms with E-state index in [9.17, 15) is 9.59 Å². The molecule has 0 fully saturated rings. The second-order valence-corrected chi connectivity index (χ2v) is 7.86. The molecule has 0 saturated carbocycles. The van der Waals surface area contributed by atoms with E-state index >= 15 is 0 Å². The molecule has 0 radical (unpaired) electrons. The Balaban J connectivity index is 2.33. The molecule has 0 aliphatic rings. The predicted molar refractivity (Wildman–Crippen MR) is 115 cm³/mol. The topological polar surface area (TPSA) is 49.4 Å². The Hall–Kier alpha value is -1.46. The van der Waals surface area contributed by atoms with Crippen LogP contribution in [0.25, 0.3) is 0 Å². The van der Waals surface area contributed by atoms with Gasteiger partial charge in [-0.25, -0.2) is 0 Å². The Morgan fingerprint density at radius 2 is 1.68 bits per heavy atom. The summed E-state index contributed by atoms with van der Waals surface area (Å²) in [4.78, 5) is 26.9. The van der Waals surface area contributed by atoms with Crippen LogP contribution in [0.5, 0.6) is 0 Å². The summed E-state index contributed by atoms with van der Waals surface area (Å²) in [7, 11) is 0. The highest BCUT2D eigenvalue weighted by Crippen LogP contribution is 2.27. The molecule has 0 aliphatic heterocycles. The fourth-order valence-electron chi connectivity index (χ4n) is 2.69. The number of hydrogen-bond acceptors (Lipinski definition) is 2. The molecule has 1 N–H and O–H groups in total. The van der Waals surface area contributed by atoms with E-state index in [0.29, 0.717) is 37.8 Å². The number of nitrogens with one attached hydrogen (secondary N) is 1. The summed E-state index contributed by atoms with van der Waals surface area (Å²) < 4.78 is 0. The van der Waals surface area contributed by atoms with Crippen molar-refractivity contribution in [1.82, 2.24) is 10.2 Å². The van der Waals surface area contributed by atoms with Crippen LogP contribution in [0.4, 0.5) is 0 Å². The molecule has 4 nitrogen and oxygen atoms in total. The number of nitrogens with zero attached hydrogens (tertiary/aromatic N) is 1. The van der Waals surface area contributed by atoms with E-state index in [4.69, 9.17) is 46.4 Å². The molecule has 0 aliphatic carbocycles. The lowest BCUT2D eigenvalue weighted by atomic mass is 10.1. The fourth-order valence-corrected chi connectivity index (χ4v) is 3.68. The first-order chi connectivity index (χ1) is 13.2. The largest absolute Gasteiger partial charge is 0.355 e. The van der Waals surface area contributed by atoms with Crippen molar-refractivity contribution in [2.24, 2.45) is 0 Å². The summed E-state index contributed by atoms with van der Waals surface area (Å²) in [5.41, 5.74) is 1.20. The van der Waals surface area contributed by atoms with Crippen LogP contribution in [-0.2, 0) is 22.6 Å². The molecule has 0 spiro atoms. The van der Waals surface area contributed by atoms with Crippen molar-refractivity contribution >= 4 is 58.2 Å². The van der Waals surface area contributed by atoms with E-state index in [-0.39, 0.29) is 24.8 Å². The number of rotatable bonds is 7. The highest BCUT2D eigenvalue weighted by atomic mass is 35.5. The van der Waals surface area contributed by atoms with Crippen LogP contribution in [0.1, 0.15) is 25.0 Å². The maximum Gasteiger partial charge on any atom is 0.242 e. The minimum atomic E-state index is -0.717. The maximum absolute atomic E-state index is 13.1. The minimum absolute atomic E-state index is 0.0157. The lowest BCUT2D eigenvalue weighted by Gasteiger charge is -2.29. The van der Waals surface area contributed by atoms with Gasteiger partial charge in [0.25, 0.3) is 0 Å². The van der Waals surface area contributed by atoms with Crippen LogP contribution < -0.4 is 5.32 Å². The quantitative estimate of drug-likeness (QED) is 0.600. The van der Waals surface area contributed by atoms with Gasteiger partial charge in [0.1, 0.15) is 6.04 Å². The van der Waals surface area contributed by atoms with Crippen molar-refractivity contribution in [3.8, 4) is 0 Å². The molecule has 1 atom stereocenters. The number of carbonyl (C=O) groups excluding carboxylic acids is 2. The molecule has 0 bridgehead atoms. The van der Waals surface area contributed by atoms with Crippen molar-refractivity contribution in [2.45, 2.75) is 32.9 Å². The molecule has 0 unspecified atom stereocenters. The van der Waals surface area contributed by atoms with Crippen LogP contribution in [0.3, 0.4) is 0 Å². The smallest absolute Gasteiger partial charge is 0.242 e. The summed E-state index contributed by atoms with van der Waals surface area (Å²) in [6.07, 6.45) is 0.0157. The molecule has 0 heterocycles. The lowest BCUT2D eigenvalue weighted by Crippen LogP contribution is -2.48. The summed E-state index contributed by atoms with van der Waals surface area (Å²) in [6.45, 7) is 4.04. The number of amides is 2. The van der Waals surface area contributed by atoms with Crippen LogP contribution in [0.15, 0.2) is 36.4 Å². The third-order valence-corrected chi connectivity index (χ3v) is 5.56. The molecule has 2 aromatic carbocycles. The molecule has 2 amide bonds. The van der Waals surface area contributed by atoms with Crippen LogP contribution in [-0.4, -0.2) is 29.3 Å². The van der Waals surface area contributed by atoms with Crippen molar-refractivity contribution in [1.29, 1.82) is 0 Å². The number of hydrogen-bond donors (Lipinski definition) is 1. The molecule has 2 aromatic rings. The van der Waals surface area contributed by atoms with Gasteiger partial charge >= 0.3 is 0 Å². The normalized spacial score (nSPS) is 11.8. The molecular weight excluding hydrogens is 442 g/mol. The van der Waals surface area contributed by atoms with Crippen molar-refractivity contribution in [3.63, 3.8) is 0 Å². The Bertz CT molecular complexity index is 853. The molecule has 150 valence electrons. The van der Waals surface area contributed by atoms with Gasteiger partial charge in [0.2, 0.25) is 11.8 Å². The van der Waals surface area contributed by atoms with Crippen LogP contribution >= 0.6 is 46.4 Å². The van der Waals surface area contributed by atoms with Gasteiger partial charge in [-0.15, -0.1) is 0 Å². The average molecular weight is 462 g/mol. The highest BCUT2D eigenvalue weighted by molar-refractivity contribution is 6.36. The fraction of sp³-hybridized carbons (Fsp3) is 0.300. The monoisotopic (exact) mass is 460 g/mol. The van der Waals surface area contributed by atoms with Gasteiger partial charge in [-0.2, -0.15) is 0 Å². The Morgan fingerprint density at radius 3 is 2.25 bits per heavy atom. The first-order valence-electron chi connectivity index (χ1n) is 8.68. The van der Waals surface area contributed by atoms with Gasteiger partial charge in [0, 0.05) is 38.7 Å². The Labute approximate surface area is 184 Å². The molecule has 28 heavy (non-hydrogen) atoms. The van der Waals surface area contributed by atoms with Crippen molar-refractivity contribution < 1.29 is 9.59 Å². The second kappa shape index (κ2) is 10.4. The predicted octanol–water partition coefficient (Wildman–Crippen LogP) is 5.40. The Kier molecular flexibility index (Phi) is 8.44. The summed E-state index contributed by atoms with van der Waals surface area (Å²) >= 11 is 24.7. The number of benzene rings is 2. The van der Waals surface area contributed by atoms with E-state index < -0.39 is 6.04 Å². The number of halogens is 4. The maximum atomic E-state index is 13.1. The minimum Gasteiger partial charge on any atom is -0.355 e. The summed E-state index contributed by atoms with van der Waals surface area (Å²) in [5, 5.41) is 4.47. The number of carbonyl (C=O) groups is 2. The van der Waals surface area contributed by atoms with Crippen molar-refractivity contribution in [2.75, 3.05) is 6.54 Å². The van der Waals surface area contributed by atoms with Gasteiger partial charge in [-0.1, -0.05) is 58.5 Å². The van der Waals surface area contributed by atoms with Crippen LogP contribution in [0.2, 0.25) is 20.1 Å². The molecule has 0 saturated heterocycles. The molecule has 2 rings (SSSR count). The highest BCUT2D eigenvalue weighted by Gasteiger charge is 2.27. The molecule has 8 heteroatoms. The second-order valence-electron chi connectivity index (χ2n) is 6.20. The van der Waals surface area contributed by atoms with E-state index in [2.05, 4.69) is 5.32 Å².